The van der Waals surface area contributed by atoms with Crippen LogP contribution in [-0.4, -0.2) is 11.7 Å². The molecule has 0 fully saturated rings. The van der Waals surface area contributed by atoms with Gasteiger partial charge in [0.05, 0.1) is 5.69 Å². The van der Waals surface area contributed by atoms with E-state index in [0.717, 1.165) is 10.0 Å². The van der Waals surface area contributed by atoms with Gasteiger partial charge in [0.15, 0.2) is 0 Å². The van der Waals surface area contributed by atoms with Crippen LogP contribution in [0.2, 0.25) is 0 Å². The van der Waals surface area contributed by atoms with Gasteiger partial charge in [-0.25, -0.2) is 0 Å². The van der Waals surface area contributed by atoms with Gasteiger partial charge in [0.25, 0.3) is 11.7 Å². The van der Waals surface area contributed by atoms with E-state index in [1.165, 1.54) is 0 Å². The molecule has 110 valence electrons. The van der Waals surface area contributed by atoms with Crippen molar-refractivity contribution in [2.75, 3.05) is 5.32 Å². The molecule has 0 unspecified atom stereocenters. The number of anilines is 1. The summed E-state index contributed by atoms with van der Waals surface area (Å²) < 4.78 is 25.9. The summed E-state index contributed by atoms with van der Waals surface area (Å²) in [6.45, 7) is 1.82. The summed E-state index contributed by atoms with van der Waals surface area (Å²) in [7, 11) is 0. The quantitative estimate of drug-likeness (QED) is 0.736. The number of carbonyl (C=O) groups excluding carboxylic acids is 1. The Bertz CT molecular complexity index is 664. The third kappa shape index (κ3) is 4.04. The number of amides is 1. The molecule has 0 aliphatic heterocycles. The van der Waals surface area contributed by atoms with E-state index in [-0.39, 0.29) is 5.91 Å². The van der Waals surface area contributed by atoms with E-state index in [0.29, 0.717) is 27.9 Å². The Balaban J connectivity index is 2.26. The predicted octanol–water partition coefficient (Wildman–Crippen LogP) is 5.32. The van der Waals surface area contributed by atoms with E-state index in [1.54, 1.807) is 36.4 Å². The van der Waals surface area contributed by atoms with Crippen LogP contribution in [0.4, 0.5) is 14.5 Å². The minimum Gasteiger partial charge on any atom is -0.321 e. The molecule has 2 nitrogen and oxygen atoms in total. The topological polar surface area (TPSA) is 29.1 Å². The largest absolute Gasteiger partial charge is 0.321 e. The van der Waals surface area contributed by atoms with Crippen molar-refractivity contribution in [2.45, 2.75) is 17.6 Å². The lowest BCUT2D eigenvalue weighted by Gasteiger charge is -2.12. The highest BCUT2D eigenvalue weighted by molar-refractivity contribution is 9.10. The molecule has 21 heavy (non-hydrogen) atoms. The summed E-state index contributed by atoms with van der Waals surface area (Å²) in [5, 5.41) is 2.69. The molecule has 0 saturated heterocycles. The van der Waals surface area contributed by atoms with Gasteiger partial charge >= 0.3 is 0 Å². The number of nitrogens with one attached hydrogen (secondary N) is 1. The SMILES string of the molecule is Cc1c(Br)cccc1C(=O)Nc1ccccc1SC(F)F. The van der Waals surface area contributed by atoms with Crippen molar-refractivity contribution >= 4 is 39.3 Å². The molecule has 0 bridgehead atoms. The molecular formula is C15H12BrF2NOS. The zero-order chi connectivity index (χ0) is 15.4. The minimum absolute atomic E-state index is 0.323. The molecule has 1 N–H and O–H groups in total. The Kier molecular flexibility index (Phi) is 5.36. The van der Waals surface area contributed by atoms with Crippen LogP contribution in [0, 0.1) is 6.92 Å². The Hall–Kier alpha value is -1.40. The van der Waals surface area contributed by atoms with E-state index in [4.69, 9.17) is 0 Å². The van der Waals surface area contributed by atoms with Crippen molar-refractivity contribution < 1.29 is 13.6 Å². The van der Waals surface area contributed by atoms with Crippen molar-refractivity contribution in [1.82, 2.24) is 0 Å². The van der Waals surface area contributed by atoms with Gasteiger partial charge in [0.1, 0.15) is 0 Å². The lowest BCUT2D eigenvalue weighted by atomic mass is 10.1. The molecule has 0 aliphatic carbocycles. The normalized spacial score (nSPS) is 10.7. The van der Waals surface area contributed by atoms with Crippen LogP contribution in [0.1, 0.15) is 15.9 Å². The van der Waals surface area contributed by atoms with Gasteiger partial charge in [-0.1, -0.05) is 45.9 Å². The number of hydrogen-bond donors (Lipinski definition) is 1. The maximum atomic E-state index is 12.5. The fraction of sp³-hybridized carbons (Fsp3) is 0.133. The van der Waals surface area contributed by atoms with Gasteiger partial charge in [-0.2, -0.15) is 8.78 Å². The van der Waals surface area contributed by atoms with Gasteiger partial charge in [-0.15, -0.1) is 0 Å². The molecule has 2 rings (SSSR count). The first kappa shape index (κ1) is 16.0. The predicted molar refractivity (Wildman–Crippen MR) is 85.1 cm³/mol. The molecule has 0 saturated carbocycles. The summed E-state index contributed by atoms with van der Waals surface area (Å²) >= 11 is 3.78. The maximum absolute atomic E-state index is 12.5. The second-order valence-corrected chi connectivity index (χ2v) is 6.13. The number of alkyl halides is 2. The Morgan fingerprint density at radius 3 is 2.62 bits per heavy atom. The highest BCUT2D eigenvalue weighted by atomic mass is 79.9. The molecule has 0 atom stereocenters. The number of thioether (sulfide) groups is 1. The third-order valence-electron chi connectivity index (χ3n) is 2.86. The second kappa shape index (κ2) is 7.04. The molecular weight excluding hydrogens is 360 g/mol. The first-order chi connectivity index (χ1) is 9.99. The highest BCUT2D eigenvalue weighted by Gasteiger charge is 2.14. The van der Waals surface area contributed by atoms with Crippen molar-refractivity contribution in [1.29, 1.82) is 0 Å². The number of halogens is 3. The lowest BCUT2D eigenvalue weighted by Crippen LogP contribution is -2.14. The van der Waals surface area contributed by atoms with Crippen LogP contribution in [0.15, 0.2) is 51.8 Å². The summed E-state index contributed by atoms with van der Waals surface area (Å²) in [5.41, 5.74) is 1.68. The standard InChI is InChI=1S/C15H12BrF2NOS/c1-9-10(5-4-6-11(9)16)14(20)19-12-7-2-3-8-13(12)21-15(17)18/h2-8,15H,1H3,(H,19,20). The van der Waals surface area contributed by atoms with E-state index in [2.05, 4.69) is 21.2 Å². The first-order valence-electron chi connectivity index (χ1n) is 6.09. The molecule has 0 heterocycles. The first-order valence-corrected chi connectivity index (χ1v) is 7.76. The lowest BCUT2D eigenvalue weighted by molar-refractivity contribution is 0.102. The molecule has 2 aromatic carbocycles. The van der Waals surface area contributed by atoms with Crippen LogP contribution < -0.4 is 5.32 Å². The number of para-hydroxylation sites is 1. The maximum Gasteiger partial charge on any atom is 0.288 e. The molecule has 0 aliphatic rings. The smallest absolute Gasteiger partial charge is 0.288 e. The third-order valence-corrected chi connectivity index (χ3v) is 4.51. The Labute approximate surface area is 134 Å². The van der Waals surface area contributed by atoms with Crippen molar-refractivity contribution in [3.8, 4) is 0 Å². The fourth-order valence-electron chi connectivity index (χ4n) is 1.81. The zero-order valence-electron chi connectivity index (χ0n) is 11.1. The summed E-state index contributed by atoms with van der Waals surface area (Å²) in [6.07, 6.45) is 0. The molecule has 2 aromatic rings. The van der Waals surface area contributed by atoms with Gasteiger partial charge in [0.2, 0.25) is 0 Å². The van der Waals surface area contributed by atoms with Crippen molar-refractivity contribution in [3.05, 3.63) is 58.1 Å². The van der Waals surface area contributed by atoms with Crippen LogP contribution >= 0.6 is 27.7 Å². The monoisotopic (exact) mass is 371 g/mol. The molecule has 0 spiro atoms. The van der Waals surface area contributed by atoms with E-state index < -0.39 is 5.76 Å². The summed E-state index contributed by atoms with van der Waals surface area (Å²) in [5.74, 6) is -2.85. The van der Waals surface area contributed by atoms with E-state index >= 15 is 0 Å². The van der Waals surface area contributed by atoms with Crippen molar-refractivity contribution in [2.24, 2.45) is 0 Å². The average Bonchev–Trinajstić information content (AvgIpc) is 2.43. The molecule has 0 aromatic heterocycles. The summed E-state index contributed by atoms with van der Waals surface area (Å²) in [4.78, 5) is 12.6. The number of carbonyl (C=O) groups is 1. The average molecular weight is 372 g/mol. The van der Waals surface area contributed by atoms with Crippen LogP contribution in [0.3, 0.4) is 0 Å². The zero-order valence-corrected chi connectivity index (χ0v) is 13.5. The molecule has 0 radical (unpaired) electrons. The molecule has 1 amide bonds. The Morgan fingerprint density at radius 2 is 1.90 bits per heavy atom. The second-order valence-electron chi connectivity index (χ2n) is 4.24. The van der Waals surface area contributed by atoms with Crippen molar-refractivity contribution in [3.63, 3.8) is 0 Å². The van der Waals surface area contributed by atoms with Crippen LogP contribution in [0.5, 0.6) is 0 Å². The molecule has 6 heteroatoms. The van der Waals surface area contributed by atoms with E-state index in [9.17, 15) is 13.6 Å². The fourth-order valence-corrected chi connectivity index (χ4v) is 2.77. The van der Waals surface area contributed by atoms with Gasteiger partial charge < -0.3 is 5.32 Å². The van der Waals surface area contributed by atoms with Gasteiger partial charge in [-0.05, 0) is 36.8 Å². The van der Waals surface area contributed by atoms with Crippen LogP contribution in [0.25, 0.3) is 0 Å². The Morgan fingerprint density at radius 1 is 1.19 bits per heavy atom. The van der Waals surface area contributed by atoms with Gasteiger partial charge in [-0.3, -0.25) is 4.79 Å². The highest BCUT2D eigenvalue weighted by Crippen LogP contribution is 2.32. The van der Waals surface area contributed by atoms with Crippen LogP contribution in [-0.2, 0) is 0 Å². The summed E-state index contributed by atoms with van der Waals surface area (Å²) in [6, 6.07) is 11.8. The number of benzene rings is 2. The van der Waals surface area contributed by atoms with Gasteiger partial charge in [0, 0.05) is 14.9 Å². The minimum atomic E-state index is -2.53. The number of rotatable bonds is 4. The number of hydrogen-bond acceptors (Lipinski definition) is 2. The van der Waals surface area contributed by atoms with E-state index in [1.807, 2.05) is 13.0 Å².